The molecule has 0 spiro atoms. The first-order chi connectivity index (χ1) is 11.9. The van der Waals surface area contributed by atoms with Crippen LogP contribution < -0.4 is 10.2 Å². The lowest BCUT2D eigenvalue weighted by Crippen LogP contribution is -2.37. The van der Waals surface area contributed by atoms with Crippen molar-refractivity contribution in [1.82, 2.24) is 4.90 Å². The van der Waals surface area contributed by atoms with E-state index in [9.17, 15) is 4.79 Å². The van der Waals surface area contributed by atoms with Crippen molar-refractivity contribution >= 4 is 11.0 Å². The summed E-state index contributed by atoms with van der Waals surface area (Å²) in [5.41, 5.74) is 1.11. The van der Waals surface area contributed by atoms with Crippen LogP contribution in [0.4, 0.5) is 0 Å². The minimum absolute atomic E-state index is 0.0455. The fourth-order valence-corrected chi connectivity index (χ4v) is 3.54. The van der Waals surface area contributed by atoms with E-state index in [0.717, 1.165) is 12.2 Å². The van der Waals surface area contributed by atoms with Crippen LogP contribution in [0.1, 0.15) is 52.0 Å². The Morgan fingerprint density at radius 2 is 2.08 bits per heavy atom. The molecule has 1 fully saturated rings. The maximum Gasteiger partial charge on any atom is 0.196 e. The molecule has 2 heterocycles. The summed E-state index contributed by atoms with van der Waals surface area (Å²) in [6.45, 7) is 7.92. The summed E-state index contributed by atoms with van der Waals surface area (Å²) in [6.07, 6.45) is 6.48. The van der Waals surface area contributed by atoms with E-state index in [-0.39, 0.29) is 10.8 Å². The summed E-state index contributed by atoms with van der Waals surface area (Å²) in [4.78, 5) is 15.1. The zero-order valence-corrected chi connectivity index (χ0v) is 15.8. The van der Waals surface area contributed by atoms with Crippen LogP contribution in [0.25, 0.3) is 11.0 Å². The van der Waals surface area contributed by atoms with Crippen LogP contribution in [0.2, 0.25) is 0 Å². The van der Waals surface area contributed by atoms with Crippen LogP contribution >= 0.6 is 0 Å². The van der Waals surface area contributed by atoms with E-state index in [2.05, 4.69) is 11.9 Å². The summed E-state index contributed by atoms with van der Waals surface area (Å²) in [5, 5.41) is 0.617. The van der Waals surface area contributed by atoms with Gasteiger partial charge in [0.25, 0.3) is 0 Å². The molecule has 0 amide bonds. The molecule has 1 atom stereocenters. The number of ether oxygens (including phenoxy) is 1. The minimum atomic E-state index is -0.226. The van der Waals surface area contributed by atoms with Gasteiger partial charge in [-0.15, -0.1) is 0 Å². The molecule has 4 nitrogen and oxygen atoms in total. The van der Waals surface area contributed by atoms with Gasteiger partial charge in [0.1, 0.15) is 11.3 Å². The van der Waals surface area contributed by atoms with E-state index in [1.165, 1.54) is 25.8 Å². The second-order valence-electron chi connectivity index (χ2n) is 8.15. The van der Waals surface area contributed by atoms with Gasteiger partial charge in [-0.1, -0.05) is 27.2 Å². The summed E-state index contributed by atoms with van der Waals surface area (Å²) in [7, 11) is 2.20. The van der Waals surface area contributed by atoms with Gasteiger partial charge in [-0.2, -0.15) is 0 Å². The first kappa shape index (κ1) is 18.0. The molecule has 136 valence electrons. The fraction of sp³-hybridized carbons (Fsp3) is 0.571. The molecule has 3 rings (SSSR count). The lowest BCUT2D eigenvalue weighted by atomic mass is 9.87. The van der Waals surface area contributed by atoms with E-state index in [1.807, 2.05) is 39.0 Å². The van der Waals surface area contributed by atoms with Crippen molar-refractivity contribution in [3.05, 3.63) is 40.2 Å². The van der Waals surface area contributed by atoms with Gasteiger partial charge in [0.2, 0.25) is 0 Å². The highest BCUT2D eigenvalue weighted by Gasteiger charge is 2.21. The molecule has 4 heteroatoms. The molecule has 1 aromatic heterocycles. The topological polar surface area (TPSA) is 42.7 Å². The van der Waals surface area contributed by atoms with E-state index >= 15 is 0 Å². The molecule has 0 radical (unpaired) electrons. The van der Waals surface area contributed by atoms with Crippen LogP contribution in [0.3, 0.4) is 0 Å². The van der Waals surface area contributed by atoms with Crippen molar-refractivity contribution in [2.24, 2.45) is 0 Å². The van der Waals surface area contributed by atoms with E-state index < -0.39 is 0 Å². The lowest BCUT2D eigenvalue weighted by molar-refractivity contribution is 0.153. The second-order valence-corrected chi connectivity index (χ2v) is 8.15. The first-order valence-electron chi connectivity index (χ1n) is 9.25. The van der Waals surface area contributed by atoms with Crippen molar-refractivity contribution in [1.29, 1.82) is 0 Å². The van der Waals surface area contributed by atoms with Crippen molar-refractivity contribution in [3.8, 4) is 5.75 Å². The Kier molecular flexibility index (Phi) is 5.19. The van der Waals surface area contributed by atoms with Gasteiger partial charge >= 0.3 is 0 Å². The molecule has 1 aliphatic heterocycles. The normalized spacial score (nSPS) is 19.3. The standard InChI is InChI=1S/C21H29NO3/c1-21(2,3)18-14-25-19-13-16(8-9-17(19)20(18)23)24-12-10-15-7-5-6-11-22(15)4/h8-9,13-15H,5-7,10-12H2,1-4H3. The molecule has 25 heavy (non-hydrogen) atoms. The molecular weight excluding hydrogens is 314 g/mol. The third-order valence-corrected chi connectivity index (χ3v) is 5.20. The largest absolute Gasteiger partial charge is 0.493 e. The molecule has 0 aliphatic carbocycles. The Bertz CT molecular complexity index is 788. The predicted octanol–water partition coefficient (Wildman–Crippen LogP) is 4.34. The number of likely N-dealkylation sites (tertiary alicyclic amines) is 1. The van der Waals surface area contributed by atoms with Crippen LogP contribution in [-0.2, 0) is 5.41 Å². The summed E-state index contributed by atoms with van der Waals surface area (Å²) in [6, 6.07) is 6.13. The van der Waals surface area contributed by atoms with Crippen molar-refractivity contribution in [2.45, 2.75) is 57.9 Å². The van der Waals surface area contributed by atoms with Crippen LogP contribution in [-0.4, -0.2) is 31.1 Å². The summed E-state index contributed by atoms with van der Waals surface area (Å²) in [5.74, 6) is 0.762. The number of rotatable bonds is 4. The third-order valence-electron chi connectivity index (χ3n) is 5.20. The third kappa shape index (κ3) is 4.06. The highest BCUT2D eigenvalue weighted by atomic mass is 16.5. The lowest BCUT2D eigenvalue weighted by Gasteiger charge is -2.32. The molecular formula is C21H29NO3. The zero-order chi connectivity index (χ0) is 18.0. The predicted molar refractivity (Wildman–Crippen MR) is 102 cm³/mol. The van der Waals surface area contributed by atoms with Gasteiger partial charge in [0.15, 0.2) is 5.43 Å². The molecule has 2 aromatic rings. The van der Waals surface area contributed by atoms with Crippen LogP contribution in [0.5, 0.6) is 5.75 Å². The summed E-state index contributed by atoms with van der Waals surface area (Å²) >= 11 is 0. The highest BCUT2D eigenvalue weighted by Crippen LogP contribution is 2.25. The Labute approximate surface area is 149 Å². The SMILES string of the molecule is CN1CCCCC1CCOc1ccc2c(=O)c(C(C)(C)C)coc2c1. The monoisotopic (exact) mass is 343 g/mol. The maximum atomic E-state index is 12.6. The number of benzene rings is 1. The highest BCUT2D eigenvalue weighted by molar-refractivity contribution is 5.78. The maximum absolute atomic E-state index is 12.6. The van der Waals surface area contributed by atoms with Gasteiger partial charge < -0.3 is 14.1 Å². The number of hydrogen-bond donors (Lipinski definition) is 0. The van der Waals surface area contributed by atoms with Crippen LogP contribution in [0, 0.1) is 0 Å². The Morgan fingerprint density at radius 3 is 2.80 bits per heavy atom. The molecule has 0 saturated carbocycles. The Balaban J connectivity index is 1.70. The van der Waals surface area contributed by atoms with Gasteiger partial charge in [0, 0.05) is 17.7 Å². The molecule has 1 unspecified atom stereocenters. The molecule has 1 aliphatic rings. The quantitative estimate of drug-likeness (QED) is 0.828. The van der Waals surface area contributed by atoms with Crippen molar-refractivity contribution < 1.29 is 9.15 Å². The van der Waals surface area contributed by atoms with Gasteiger partial charge in [-0.3, -0.25) is 4.79 Å². The van der Waals surface area contributed by atoms with Gasteiger partial charge in [0.05, 0.1) is 18.3 Å². The van der Waals surface area contributed by atoms with E-state index in [0.29, 0.717) is 29.2 Å². The van der Waals surface area contributed by atoms with Crippen molar-refractivity contribution in [2.75, 3.05) is 20.2 Å². The summed E-state index contributed by atoms with van der Waals surface area (Å²) < 4.78 is 11.6. The van der Waals surface area contributed by atoms with Gasteiger partial charge in [-0.25, -0.2) is 0 Å². The van der Waals surface area contributed by atoms with Crippen molar-refractivity contribution in [3.63, 3.8) is 0 Å². The Morgan fingerprint density at radius 1 is 1.28 bits per heavy atom. The number of nitrogens with zero attached hydrogens (tertiary/aromatic N) is 1. The van der Waals surface area contributed by atoms with E-state index in [1.54, 1.807) is 6.26 Å². The number of fused-ring (bicyclic) bond motifs is 1. The van der Waals surface area contributed by atoms with Crippen LogP contribution in [0.15, 0.2) is 33.7 Å². The zero-order valence-electron chi connectivity index (χ0n) is 15.8. The minimum Gasteiger partial charge on any atom is -0.493 e. The Hall–Kier alpha value is -1.81. The average molecular weight is 343 g/mol. The molecule has 0 bridgehead atoms. The molecule has 0 N–H and O–H groups in total. The average Bonchev–Trinajstić information content (AvgIpc) is 2.55. The van der Waals surface area contributed by atoms with Gasteiger partial charge in [-0.05, 0) is 50.4 Å². The van der Waals surface area contributed by atoms with E-state index in [4.69, 9.17) is 9.15 Å². The number of hydrogen-bond acceptors (Lipinski definition) is 4. The number of piperidine rings is 1. The first-order valence-corrected chi connectivity index (χ1v) is 9.25. The smallest absolute Gasteiger partial charge is 0.196 e. The molecule has 1 aromatic carbocycles. The second kappa shape index (κ2) is 7.20. The molecule has 1 saturated heterocycles. The fourth-order valence-electron chi connectivity index (χ4n) is 3.54.